The zero-order valence-electron chi connectivity index (χ0n) is 13.9. The van der Waals surface area contributed by atoms with Gasteiger partial charge >= 0.3 is 0 Å². The van der Waals surface area contributed by atoms with Gasteiger partial charge in [0.25, 0.3) is 0 Å². The molecule has 0 spiro atoms. The Balaban J connectivity index is 2.00. The summed E-state index contributed by atoms with van der Waals surface area (Å²) in [5.41, 5.74) is 0.715. The van der Waals surface area contributed by atoms with Crippen LogP contribution in [0.4, 0.5) is 0 Å². The molecule has 3 heteroatoms. The number of rotatable bonds is 4. The molecule has 0 aromatic carbocycles. The van der Waals surface area contributed by atoms with Crippen LogP contribution < -0.4 is 0 Å². The van der Waals surface area contributed by atoms with Crippen molar-refractivity contribution in [1.82, 2.24) is 9.80 Å². The topological polar surface area (TPSA) is 15.7 Å². The van der Waals surface area contributed by atoms with E-state index in [0.717, 1.165) is 6.54 Å². The number of nitrogens with zero attached hydrogens (tertiary/aromatic N) is 2. The lowest BCUT2D eigenvalue weighted by molar-refractivity contribution is 0.0370. The molecule has 0 amide bonds. The molecule has 1 atom stereocenters. The fourth-order valence-corrected chi connectivity index (χ4v) is 3.84. The highest BCUT2D eigenvalue weighted by molar-refractivity contribution is 5.04. The minimum Gasteiger partial charge on any atom is -0.377 e. The summed E-state index contributed by atoms with van der Waals surface area (Å²) in [6.07, 6.45) is 3.71. The van der Waals surface area contributed by atoms with Crippen LogP contribution in [0.25, 0.3) is 0 Å². The highest BCUT2D eigenvalue weighted by Gasteiger charge is 2.48. The molecule has 3 nitrogen and oxygen atoms in total. The average Bonchev–Trinajstić information content (AvgIpc) is 2.94. The molecule has 0 radical (unpaired) electrons. The predicted molar refractivity (Wildman–Crippen MR) is 80.5 cm³/mol. The zero-order valence-corrected chi connectivity index (χ0v) is 13.9. The molecule has 0 N–H and O–H groups in total. The maximum atomic E-state index is 5.67. The molecule has 1 aliphatic heterocycles. The second kappa shape index (κ2) is 4.71. The molecule has 1 saturated carbocycles. The summed E-state index contributed by atoms with van der Waals surface area (Å²) < 4.78 is 5.67. The Labute approximate surface area is 119 Å². The first-order valence-corrected chi connectivity index (χ1v) is 7.63. The summed E-state index contributed by atoms with van der Waals surface area (Å²) in [5, 5.41) is 0. The number of hydrogen-bond acceptors (Lipinski definition) is 3. The van der Waals surface area contributed by atoms with Crippen molar-refractivity contribution in [2.45, 2.75) is 76.6 Å². The Morgan fingerprint density at radius 2 is 1.84 bits per heavy atom. The quantitative estimate of drug-likeness (QED) is 0.780. The Kier molecular flexibility index (Phi) is 3.79. The first-order chi connectivity index (χ1) is 8.60. The van der Waals surface area contributed by atoms with Crippen LogP contribution in [0.3, 0.4) is 0 Å². The number of ether oxygens (including phenoxy) is 1. The van der Waals surface area contributed by atoms with Crippen molar-refractivity contribution >= 4 is 0 Å². The Morgan fingerprint density at radius 1 is 1.26 bits per heavy atom. The monoisotopic (exact) mass is 268 g/mol. The molecule has 1 unspecified atom stereocenters. The molecular weight excluding hydrogens is 236 g/mol. The van der Waals surface area contributed by atoms with Crippen molar-refractivity contribution in [3.05, 3.63) is 0 Å². The SMILES string of the molecule is COC1(CN(C)C2CN(C(C)(C)C)C(C)(C)C2)CC1. The van der Waals surface area contributed by atoms with Gasteiger partial charge in [-0.2, -0.15) is 0 Å². The van der Waals surface area contributed by atoms with E-state index in [9.17, 15) is 0 Å². The molecule has 2 fully saturated rings. The summed E-state index contributed by atoms with van der Waals surface area (Å²) in [6.45, 7) is 14.0. The van der Waals surface area contributed by atoms with Crippen LogP contribution in [0.2, 0.25) is 0 Å². The van der Waals surface area contributed by atoms with Gasteiger partial charge in [-0.25, -0.2) is 0 Å². The summed E-state index contributed by atoms with van der Waals surface area (Å²) in [7, 11) is 4.13. The van der Waals surface area contributed by atoms with Crippen LogP contribution in [0, 0.1) is 0 Å². The van der Waals surface area contributed by atoms with Crippen molar-refractivity contribution in [3.8, 4) is 0 Å². The second-order valence-electron chi connectivity index (χ2n) is 8.25. The summed E-state index contributed by atoms with van der Waals surface area (Å²) >= 11 is 0. The minimum absolute atomic E-state index is 0.175. The molecule has 2 aliphatic rings. The van der Waals surface area contributed by atoms with E-state index in [0.29, 0.717) is 11.6 Å². The highest BCUT2D eigenvalue weighted by Crippen LogP contribution is 2.42. The van der Waals surface area contributed by atoms with Gasteiger partial charge < -0.3 is 4.74 Å². The lowest BCUT2D eigenvalue weighted by Crippen LogP contribution is -2.50. The van der Waals surface area contributed by atoms with Crippen molar-refractivity contribution in [2.75, 3.05) is 27.2 Å². The Hall–Kier alpha value is -0.120. The normalized spacial score (nSPS) is 30.0. The van der Waals surface area contributed by atoms with Crippen molar-refractivity contribution < 1.29 is 4.74 Å². The maximum absolute atomic E-state index is 5.67. The van der Waals surface area contributed by atoms with E-state index in [1.165, 1.54) is 25.8 Å². The summed E-state index contributed by atoms with van der Waals surface area (Å²) in [6, 6.07) is 0.654. The van der Waals surface area contributed by atoms with E-state index >= 15 is 0 Å². The van der Waals surface area contributed by atoms with Gasteiger partial charge in [-0.1, -0.05) is 0 Å². The Morgan fingerprint density at radius 3 is 2.21 bits per heavy atom. The van der Waals surface area contributed by atoms with E-state index in [4.69, 9.17) is 4.74 Å². The summed E-state index contributed by atoms with van der Waals surface area (Å²) in [5.74, 6) is 0. The van der Waals surface area contributed by atoms with E-state index in [2.05, 4.69) is 51.5 Å². The molecule has 2 rings (SSSR count). The molecular formula is C16H32N2O. The van der Waals surface area contributed by atoms with E-state index in [1.54, 1.807) is 0 Å². The largest absolute Gasteiger partial charge is 0.377 e. The van der Waals surface area contributed by atoms with E-state index in [1.807, 2.05) is 7.11 Å². The third kappa shape index (κ3) is 3.14. The van der Waals surface area contributed by atoms with Gasteiger partial charge in [0.2, 0.25) is 0 Å². The minimum atomic E-state index is 0.175. The third-order valence-electron chi connectivity index (χ3n) is 5.07. The van der Waals surface area contributed by atoms with Gasteiger partial charge in [0.05, 0.1) is 5.60 Å². The van der Waals surface area contributed by atoms with E-state index in [-0.39, 0.29) is 11.1 Å². The second-order valence-corrected chi connectivity index (χ2v) is 8.25. The van der Waals surface area contributed by atoms with Gasteiger partial charge in [0, 0.05) is 37.3 Å². The fourth-order valence-electron chi connectivity index (χ4n) is 3.84. The lowest BCUT2D eigenvalue weighted by Gasteiger charge is -2.42. The van der Waals surface area contributed by atoms with Gasteiger partial charge in [-0.05, 0) is 60.9 Å². The van der Waals surface area contributed by atoms with Gasteiger partial charge in [-0.3, -0.25) is 9.80 Å². The lowest BCUT2D eigenvalue weighted by atomic mass is 9.95. The molecule has 0 aromatic heterocycles. The first kappa shape index (κ1) is 15.3. The van der Waals surface area contributed by atoms with Crippen molar-refractivity contribution in [2.24, 2.45) is 0 Å². The molecule has 1 heterocycles. The van der Waals surface area contributed by atoms with Crippen LogP contribution >= 0.6 is 0 Å². The number of likely N-dealkylation sites (tertiary alicyclic amines) is 1. The van der Waals surface area contributed by atoms with Crippen LogP contribution in [-0.4, -0.2) is 59.8 Å². The summed E-state index contributed by atoms with van der Waals surface area (Å²) in [4.78, 5) is 5.19. The zero-order chi connectivity index (χ0) is 14.5. The standard InChI is InChI=1S/C16H32N2O/c1-14(2,3)18-11-13(10-15(18,4)5)17(6)12-16(19-7)8-9-16/h13H,8-12H2,1-7H3. The van der Waals surface area contributed by atoms with Crippen LogP contribution in [0.15, 0.2) is 0 Å². The molecule has 112 valence electrons. The Bertz CT molecular complexity index is 328. The maximum Gasteiger partial charge on any atom is 0.0807 e. The van der Waals surface area contributed by atoms with E-state index < -0.39 is 0 Å². The molecule has 1 saturated heterocycles. The smallest absolute Gasteiger partial charge is 0.0807 e. The molecule has 0 aromatic rings. The molecule has 1 aliphatic carbocycles. The van der Waals surface area contributed by atoms with Crippen molar-refractivity contribution in [3.63, 3.8) is 0 Å². The third-order valence-corrected chi connectivity index (χ3v) is 5.07. The number of methoxy groups -OCH3 is 1. The predicted octanol–water partition coefficient (Wildman–Crippen LogP) is 2.75. The highest BCUT2D eigenvalue weighted by atomic mass is 16.5. The van der Waals surface area contributed by atoms with Gasteiger partial charge in [0.1, 0.15) is 0 Å². The molecule has 19 heavy (non-hydrogen) atoms. The average molecular weight is 268 g/mol. The van der Waals surface area contributed by atoms with Gasteiger partial charge in [0.15, 0.2) is 0 Å². The van der Waals surface area contributed by atoms with Crippen LogP contribution in [-0.2, 0) is 4.74 Å². The fraction of sp³-hybridized carbons (Fsp3) is 1.00. The van der Waals surface area contributed by atoms with Crippen LogP contribution in [0.5, 0.6) is 0 Å². The number of likely N-dealkylation sites (N-methyl/N-ethyl adjacent to an activating group) is 1. The number of hydrogen-bond donors (Lipinski definition) is 0. The van der Waals surface area contributed by atoms with Crippen molar-refractivity contribution in [1.29, 1.82) is 0 Å². The van der Waals surface area contributed by atoms with Gasteiger partial charge in [-0.15, -0.1) is 0 Å². The first-order valence-electron chi connectivity index (χ1n) is 7.63. The van der Waals surface area contributed by atoms with Crippen LogP contribution in [0.1, 0.15) is 53.9 Å². The molecule has 0 bridgehead atoms.